The van der Waals surface area contributed by atoms with Crippen LogP contribution in [0.25, 0.3) is 11.3 Å². The molecule has 1 saturated heterocycles. The van der Waals surface area contributed by atoms with E-state index in [1.165, 1.54) is 4.90 Å². The van der Waals surface area contributed by atoms with E-state index in [0.29, 0.717) is 12.4 Å². The van der Waals surface area contributed by atoms with Gasteiger partial charge in [0.05, 0.1) is 23.9 Å². The molecule has 1 aliphatic rings. The van der Waals surface area contributed by atoms with Crippen LogP contribution < -0.4 is 5.32 Å². The van der Waals surface area contributed by atoms with Crippen molar-refractivity contribution < 1.29 is 27.4 Å². The molecule has 1 aromatic heterocycles. The summed E-state index contributed by atoms with van der Waals surface area (Å²) in [5, 5.41) is 3.43. The van der Waals surface area contributed by atoms with Gasteiger partial charge in [-0.15, -0.1) is 0 Å². The first kappa shape index (κ1) is 30.6. The van der Waals surface area contributed by atoms with Crippen LogP contribution in [0.1, 0.15) is 52.0 Å². The molecular formula is C31H39F3N4O3. The van der Waals surface area contributed by atoms with Gasteiger partial charge >= 0.3 is 6.09 Å². The number of imidazole rings is 1. The molecule has 2 heterocycles. The van der Waals surface area contributed by atoms with Crippen molar-refractivity contribution in [2.75, 3.05) is 26.7 Å². The normalized spacial score (nSPS) is 18.5. The average molecular weight is 573 g/mol. The van der Waals surface area contributed by atoms with Gasteiger partial charge in [0.15, 0.2) is 0 Å². The van der Waals surface area contributed by atoms with Crippen molar-refractivity contribution in [3.05, 3.63) is 77.8 Å². The number of nitrogens with one attached hydrogen (secondary N) is 1. The lowest BCUT2D eigenvalue weighted by molar-refractivity contribution is -0.0160. The molecule has 0 bridgehead atoms. The number of carbonyl (C=O) groups is 1. The number of aromatic nitrogens is 2. The molecule has 1 fully saturated rings. The number of ether oxygens (including phenoxy) is 2. The highest BCUT2D eigenvalue weighted by Crippen LogP contribution is 2.33. The number of carbonyl (C=O) groups excluding carboxylic acids is 1. The molecule has 41 heavy (non-hydrogen) atoms. The SMILES string of the molecule is COC(C)(C)[C@@H](NC[C@@H]1CN(C(=O)OC(C)(C)C)C[C@@H]1F)c1nc(-c2cc(F)ccc2F)cn1Cc1ccccc1. The molecule has 2 aromatic carbocycles. The number of nitrogens with zero attached hydrogens (tertiary/aromatic N) is 3. The van der Waals surface area contributed by atoms with Crippen LogP contribution in [0.15, 0.2) is 54.7 Å². The van der Waals surface area contributed by atoms with Gasteiger partial charge in [0.1, 0.15) is 29.2 Å². The molecule has 0 unspecified atom stereocenters. The topological polar surface area (TPSA) is 68.6 Å². The van der Waals surface area contributed by atoms with E-state index >= 15 is 4.39 Å². The van der Waals surface area contributed by atoms with E-state index in [0.717, 1.165) is 23.8 Å². The molecule has 3 aromatic rings. The minimum atomic E-state index is -1.25. The Bertz CT molecular complexity index is 1340. The van der Waals surface area contributed by atoms with Crippen molar-refractivity contribution in [1.82, 2.24) is 19.8 Å². The maximum atomic E-state index is 15.1. The Kier molecular flexibility index (Phi) is 9.13. The molecule has 10 heteroatoms. The van der Waals surface area contributed by atoms with Crippen LogP contribution in [0.3, 0.4) is 0 Å². The first-order chi connectivity index (χ1) is 19.3. The fraction of sp³-hybridized carbons (Fsp3) is 0.484. The molecule has 3 atom stereocenters. The fourth-order valence-corrected chi connectivity index (χ4v) is 4.93. The van der Waals surface area contributed by atoms with Gasteiger partial charge < -0.3 is 24.3 Å². The minimum Gasteiger partial charge on any atom is -0.444 e. The molecule has 1 amide bonds. The van der Waals surface area contributed by atoms with E-state index in [-0.39, 0.29) is 30.9 Å². The number of hydrogen-bond donors (Lipinski definition) is 1. The van der Waals surface area contributed by atoms with Crippen LogP contribution in [-0.4, -0.2) is 64.7 Å². The Labute approximate surface area is 239 Å². The number of methoxy groups -OCH3 is 1. The summed E-state index contributed by atoms with van der Waals surface area (Å²) in [5.41, 5.74) is -0.209. The predicted octanol–water partition coefficient (Wildman–Crippen LogP) is 6.14. The van der Waals surface area contributed by atoms with Crippen molar-refractivity contribution in [2.45, 2.75) is 64.6 Å². The number of halogens is 3. The summed E-state index contributed by atoms with van der Waals surface area (Å²) in [5.74, 6) is -1.13. The van der Waals surface area contributed by atoms with Gasteiger partial charge in [0.2, 0.25) is 0 Å². The van der Waals surface area contributed by atoms with Crippen molar-refractivity contribution in [3.8, 4) is 11.3 Å². The number of alkyl halides is 1. The lowest BCUT2D eigenvalue weighted by atomic mass is 9.96. The summed E-state index contributed by atoms with van der Waals surface area (Å²) in [6.07, 6.45) is -0.0998. The highest BCUT2D eigenvalue weighted by Gasteiger charge is 2.40. The van der Waals surface area contributed by atoms with Crippen molar-refractivity contribution >= 4 is 6.09 Å². The summed E-state index contributed by atoms with van der Waals surface area (Å²) < 4.78 is 57.1. The van der Waals surface area contributed by atoms with Crippen molar-refractivity contribution in [1.29, 1.82) is 0 Å². The maximum Gasteiger partial charge on any atom is 0.410 e. The zero-order valence-corrected chi connectivity index (χ0v) is 24.5. The lowest BCUT2D eigenvalue weighted by Crippen LogP contribution is -2.45. The summed E-state index contributed by atoms with van der Waals surface area (Å²) in [7, 11) is 1.57. The first-order valence-electron chi connectivity index (χ1n) is 13.7. The largest absolute Gasteiger partial charge is 0.444 e. The van der Waals surface area contributed by atoms with Crippen LogP contribution in [0, 0.1) is 17.6 Å². The molecule has 4 rings (SSSR count). The quantitative estimate of drug-likeness (QED) is 0.334. The van der Waals surface area contributed by atoms with Crippen molar-refractivity contribution in [3.63, 3.8) is 0 Å². The highest BCUT2D eigenvalue weighted by molar-refractivity contribution is 5.68. The third kappa shape index (κ3) is 7.48. The van der Waals surface area contributed by atoms with Crippen LogP contribution >= 0.6 is 0 Å². The summed E-state index contributed by atoms with van der Waals surface area (Å²) in [6.45, 7) is 9.85. The molecule has 222 valence electrons. The average Bonchev–Trinajstić information content (AvgIpc) is 3.48. The number of rotatable bonds is 9. The van der Waals surface area contributed by atoms with Crippen LogP contribution in [0.2, 0.25) is 0 Å². The monoisotopic (exact) mass is 572 g/mol. The van der Waals surface area contributed by atoms with Gasteiger partial charge in [0, 0.05) is 44.4 Å². The summed E-state index contributed by atoms with van der Waals surface area (Å²) in [6, 6.07) is 12.4. The number of benzene rings is 2. The maximum absolute atomic E-state index is 15.1. The zero-order chi connectivity index (χ0) is 29.9. The van der Waals surface area contributed by atoms with Crippen LogP contribution in [0.4, 0.5) is 18.0 Å². The molecule has 0 saturated carbocycles. The summed E-state index contributed by atoms with van der Waals surface area (Å²) in [4.78, 5) is 18.7. The first-order valence-corrected chi connectivity index (χ1v) is 13.7. The fourth-order valence-electron chi connectivity index (χ4n) is 4.93. The highest BCUT2D eigenvalue weighted by atomic mass is 19.1. The van der Waals surface area contributed by atoms with E-state index in [1.807, 2.05) is 48.7 Å². The van der Waals surface area contributed by atoms with E-state index in [4.69, 9.17) is 14.5 Å². The lowest BCUT2D eigenvalue weighted by Gasteiger charge is -2.34. The molecular weight excluding hydrogens is 533 g/mol. The Balaban J connectivity index is 1.65. The second-order valence-corrected chi connectivity index (χ2v) is 12.0. The second kappa shape index (κ2) is 12.2. The molecule has 0 spiro atoms. The number of amides is 1. The van der Waals surface area contributed by atoms with Gasteiger partial charge in [-0.3, -0.25) is 0 Å². The van der Waals surface area contributed by atoms with Gasteiger partial charge in [-0.05, 0) is 58.4 Å². The Morgan fingerprint density at radius 2 is 1.80 bits per heavy atom. The Hall–Kier alpha value is -3.37. The predicted molar refractivity (Wildman–Crippen MR) is 151 cm³/mol. The van der Waals surface area contributed by atoms with E-state index < -0.39 is 47.1 Å². The van der Waals surface area contributed by atoms with Gasteiger partial charge in [-0.1, -0.05) is 30.3 Å². The standard InChI is InChI=1S/C31H39F3N4O3/c1-30(2,3)41-29(39)38-17-21(25(34)18-38)15-35-27(31(4,5)40-6)28-36-26(23-14-22(32)12-13-24(23)33)19-37(28)16-20-10-8-7-9-11-20/h7-14,19,21,25,27,35H,15-18H2,1-6H3/t21-,25+,27+/m1/s1. The second-order valence-electron chi connectivity index (χ2n) is 12.0. The van der Waals surface area contributed by atoms with E-state index in [1.54, 1.807) is 34.1 Å². The van der Waals surface area contributed by atoms with Gasteiger partial charge in [-0.25, -0.2) is 22.9 Å². The van der Waals surface area contributed by atoms with Crippen LogP contribution in [-0.2, 0) is 16.0 Å². The molecule has 1 N–H and O–H groups in total. The summed E-state index contributed by atoms with van der Waals surface area (Å²) >= 11 is 0. The number of likely N-dealkylation sites (tertiary alicyclic amines) is 1. The zero-order valence-electron chi connectivity index (χ0n) is 24.5. The molecule has 7 nitrogen and oxygen atoms in total. The minimum absolute atomic E-state index is 0.0413. The van der Waals surface area contributed by atoms with E-state index in [2.05, 4.69) is 5.32 Å². The van der Waals surface area contributed by atoms with Gasteiger partial charge in [-0.2, -0.15) is 0 Å². The molecule has 0 radical (unpaired) electrons. The molecule has 0 aliphatic carbocycles. The third-order valence-corrected chi connectivity index (χ3v) is 7.28. The molecule has 1 aliphatic heterocycles. The van der Waals surface area contributed by atoms with E-state index in [9.17, 15) is 13.6 Å². The van der Waals surface area contributed by atoms with Crippen molar-refractivity contribution in [2.24, 2.45) is 5.92 Å². The van der Waals surface area contributed by atoms with Crippen LogP contribution in [0.5, 0.6) is 0 Å². The third-order valence-electron chi connectivity index (χ3n) is 7.28. The van der Waals surface area contributed by atoms with Gasteiger partial charge in [0.25, 0.3) is 0 Å². The smallest absolute Gasteiger partial charge is 0.410 e. The number of hydrogen-bond acceptors (Lipinski definition) is 5. The Morgan fingerprint density at radius 1 is 1.10 bits per heavy atom. The Morgan fingerprint density at radius 3 is 2.46 bits per heavy atom.